The van der Waals surface area contributed by atoms with Crippen LogP contribution in [0.2, 0.25) is 0 Å². The molecule has 0 fully saturated rings. The summed E-state index contributed by atoms with van der Waals surface area (Å²) in [4.78, 5) is -1.94. The third kappa shape index (κ3) is 10.1. The number of fused-ring (bicyclic) bond motifs is 2. The molecule has 21 heteroatoms. The van der Waals surface area contributed by atoms with Crippen molar-refractivity contribution >= 4 is 86.0 Å². The van der Waals surface area contributed by atoms with Gasteiger partial charge in [0.2, 0.25) is 0 Å². The summed E-state index contributed by atoms with van der Waals surface area (Å²) >= 11 is 0. The van der Waals surface area contributed by atoms with Gasteiger partial charge in [-0.25, -0.2) is 25.3 Å². The number of nitrogens with two attached hydrogens (primary N) is 2. The van der Waals surface area contributed by atoms with Crippen molar-refractivity contribution in [1.82, 2.24) is 0 Å². The Labute approximate surface area is 382 Å². The summed E-state index contributed by atoms with van der Waals surface area (Å²) in [6.07, 6.45) is 0. The van der Waals surface area contributed by atoms with E-state index in [1.54, 1.807) is 56.3 Å². The molecule has 0 atom stereocenters. The van der Waals surface area contributed by atoms with Crippen LogP contribution in [-0.2, 0) is 30.4 Å². The van der Waals surface area contributed by atoms with Gasteiger partial charge in [-0.2, -0.15) is 10.2 Å². The first-order valence-electron chi connectivity index (χ1n) is 14.9. The van der Waals surface area contributed by atoms with Crippen molar-refractivity contribution < 1.29 is 128 Å². The molecule has 6 aromatic carbocycles. The van der Waals surface area contributed by atoms with E-state index in [9.17, 15) is 38.9 Å². The number of aryl methyl sites for hydroxylation is 2. The fraction of sp³-hybridized carbons (Fsp3) is 0.0588. The van der Waals surface area contributed by atoms with Crippen LogP contribution in [0.1, 0.15) is 11.1 Å². The van der Waals surface area contributed by atoms with E-state index in [0.717, 1.165) is 35.4 Å². The van der Waals surface area contributed by atoms with Crippen LogP contribution in [-0.4, -0.2) is 38.9 Å². The van der Waals surface area contributed by atoms with E-state index in [0.29, 0.717) is 27.9 Å². The van der Waals surface area contributed by atoms with E-state index in [2.05, 4.69) is 20.5 Å². The van der Waals surface area contributed by atoms with Gasteiger partial charge in [0.1, 0.15) is 41.7 Å². The third-order valence-electron chi connectivity index (χ3n) is 8.19. The summed E-state index contributed by atoms with van der Waals surface area (Å²) in [6.45, 7) is 3.55. The molecule has 0 saturated heterocycles. The molecule has 0 aromatic heterocycles. The third-order valence-corrected chi connectivity index (χ3v) is 10.8. The second-order valence-corrected chi connectivity index (χ2v) is 15.7. The number of benzene rings is 6. The Bertz CT molecular complexity index is 2890. The molecule has 0 saturated carbocycles. The maximum absolute atomic E-state index is 12.0. The minimum absolute atomic E-state index is 0. The van der Waals surface area contributed by atoms with Crippen LogP contribution in [0.3, 0.4) is 0 Å². The van der Waals surface area contributed by atoms with Crippen molar-refractivity contribution in [1.29, 1.82) is 0 Å². The zero-order valence-corrected chi connectivity index (χ0v) is 38.5. The van der Waals surface area contributed by atoms with Crippen LogP contribution in [0.15, 0.2) is 126 Å². The number of hydrogen-bond donors (Lipinski definition) is 2. The molecule has 0 radical (unpaired) electrons. The molecule has 0 aliphatic heterocycles. The molecule has 0 spiro atoms. The summed E-state index contributed by atoms with van der Waals surface area (Å²) < 4.78 is 106. The number of nitrogens with zero attached hydrogens (tertiary/aromatic N) is 4. The number of anilines is 2. The van der Waals surface area contributed by atoms with E-state index < -0.39 is 50.7 Å². The molecular weight excluding hydrogens is 802 g/mol. The van der Waals surface area contributed by atoms with E-state index in [1.165, 1.54) is 12.1 Å². The normalized spacial score (nSPS) is 12.1. The number of rotatable bonds is 8. The van der Waals surface area contributed by atoms with Crippen LogP contribution in [0.4, 0.5) is 34.1 Å². The van der Waals surface area contributed by atoms with Crippen molar-refractivity contribution in [2.75, 3.05) is 11.5 Å². The Hall–Kier alpha value is -2.63. The molecule has 55 heavy (non-hydrogen) atoms. The Morgan fingerprint density at radius 2 is 1.00 bits per heavy atom. The molecule has 0 unspecified atom stereocenters. The fourth-order valence-corrected chi connectivity index (χ4v) is 7.42. The maximum atomic E-state index is 12.0. The Balaban J connectivity index is 0.00000271. The molecule has 0 amide bonds. The molecule has 0 aliphatic rings. The van der Waals surface area contributed by atoms with Crippen LogP contribution >= 0.6 is 0 Å². The van der Waals surface area contributed by atoms with Gasteiger partial charge in [-0.1, -0.05) is 42.5 Å². The van der Waals surface area contributed by atoms with Gasteiger partial charge >= 0.3 is 88.7 Å². The van der Waals surface area contributed by atoms with E-state index >= 15 is 0 Å². The van der Waals surface area contributed by atoms with Gasteiger partial charge in [0.25, 0.3) is 0 Å². The van der Waals surface area contributed by atoms with Crippen molar-refractivity contribution in [3.8, 4) is 11.1 Å². The smallest absolute Gasteiger partial charge is 0.744 e. The van der Waals surface area contributed by atoms with E-state index in [-0.39, 0.29) is 122 Å². The first-order chi connectivity index (χ1) is 24.3. The Morgan fingerprint density at radius 1 is 0.491 bits per heavy atom. The van der Waals surface area contributed by atoms with Crippen molar-refractivity contribution in [2.24, 2.45) is 20.5 Å². The van der Waals surface area contributed by atoms with Crippen LogP contribution in [0, 0.1) is 13.8 Å². The van der Waals surface area contributed by atoms with E-state index in [1.807, 2.05) is 12.1 Å². The number of nitrogen functional groups attached to an aromatic ring is 2. The molecule has 15 nitrogen and oxygen atoms in total. The monoisotopic (exact) mass is 826 g/mol. The quantitative estimate of drug-likeness (QED) is 0.0733. The van der Waals surface area contributed by atoms with Gasteiger partial charge in [0, 0.05) is 16.2 Å². The summed E-state index contributed by atoms with van der Waals surface area (Å²) in [5.74, 6) is 0. The van der Waals surface area contributed by atoms with Gasteiger partial charge in [-0.05, 0) is 90.0 Å². The van der Waals surface area contributed by atoms with Crippen LogP contribution in [0.25, 0.3) is 32.7 Å². The molecule has 6 rings (SSSR count). The zero-order valence-electron chi connectivity index (χ0n) is 30.0. The van der Waals surface area contributed by atoms with Crippen molar-refractivity contribution in [3.63, 3.8) is 0 Å². The predicted molar refractivity (Wildman–Crippen MR) is 190 cm³/mol. The van der Waals surface area contributed by atoms with Gasteiger partial charge in [0.15, 0.2) is 0 Å². The average Bonchev–Trinajstić information content (AvgIpc) is 3.06. The standard InChI is InChI=1S/C34H28N6O9S3.3Na/c1-18-13-20(7-11-27(18)37-39-29-17-30(51(44,45)46)25-5-3-4-6-26(25)32(29)35)21-8-12-28(19(2)14-21)38-40-34-24-10-9-23(50(41,42)43)15-22(24)16-31(33(34)36)52(47,48)49;;;/h3-17H,35-36H2,1-2H3,(H,41,42,43)(H,44,45,46)(H,47,48,49);;;/q;3*+1/p-3. The molecule has 0 bridgehead atoms. The van der Waals surface area contributed by atoms with Crippen LogP contribution < -0.4 is 100 Å². The predicted octanol–water partition coefficient (Wildman–Crippen LogP) is -2.00. The largest absolute Gasteiger partial charge is 1.00 e. The SMILES string of the molecule is Cc1cc(-c2ccc(N=Nc3c(N)c(S(=O)(=O)[O-])cc4cc(S(=O)(=O)[O-])ccc34)c(C)c2)ccc1N=Nc1cc(S(=O)(=O)[O-])c2ccccc2c1N.[Na+].[Na+].[Na+]. The zero-order chi connectivity index (χ0) is 37.7. The van der Waals surface area contributed by atoms with Crippen molar-refractivity contribution in [2.45, 2.75) is 28.5 Å². The van der Waals surface area contributed by atoms with Gasteiger partial charge in [-0.3, -0.25) is 0 Å². The Kier molecular flexibility index (Phi) is 15.2. The molecule has 0 aliphatic carbocycles. The summed E-state index contributed by atoms with van der Waals surface area (Å²) in [7, 11) is -14.8. The summed E-state index contributed by atoms with van der Waals surface area (Å²) in [5, 5.41) is 17.4. The first-order valence-corrected chi connectivity index (χ1v) is 19.2. The summed E-state index contributed by atoms with van der Waals surface area (Å²) in [6, 6.07) is 22.0. The van der Waals surface area contributed by atoms with Crippen molar-refractivity contribution in [3.05, 3.63) is 102 Å². The van der Waals surface area contributed by atoms with Gasteiger partial charge in [-0.15, -0.1) is 10.2 Å². The van der Waals surface area contributed by atoms with E-state index in [4.69, 9.17) is 11.5 Å². The topological polar surface area (TPSA) is 273 Å². The second-order valence-electron chi connectivity index (χ2n) is 11.6. The fourth-order valence-electron chi connectivity index (χ4n) is 5.57. The summed E-state index contributed by atoms with van der Waals surface area (Å²) in [5.41, 5.74) is 15.5. The molecule has 6 aromatic rings. The second kappa shape index (κ2) is 17.9. The number of hydrogen-bond acceptors (Lipinski definition) is 15. The molecule has 4 N–H and O–H groups in total. The van der Waals surface area contributed by atoms with Gasteiger partial charge in [0.05, 0.1) is 37.4 Å². The minimum Gasteiger partial charge on any atom is -0.744 e. The van der Waals surface area contributed by atoms with Crippen LogP contribution in [0.5, 0.6) is 0 Å². The Morgan fingerprint density at radius 3 is 1.51 bits per heavy atom. The molecule has 0 heterocycles. The molecular formula is C34H25N6Na3O9S3. The minimum atomic E-state index is -5.12. The maximum Gasteiger partial charge on any atom is 1.00 e. The number of azo groups is 2. The average molecular weight is 827 g/mol. The van der Waals surface area contributed by atoms with Gasteiger partial charge < -0.3 is 25.1 Å². The molecule has 266 valence electrons. The first kappa shape index (κ1) is 46.8.